The summed E-state index contributed by atoms with van der Waals surface area (Å²) >= 11 is 2.33. The maximum atomic E-state index is 6.39. The van der Waals surface area contributed by atoms with E-state index in [1.807, 2.05) is 12.4 Å². The maximum absolute atomic E-state index is 6.39. The van der Waals surface area contributed by atoms with Crippen LogP contribution in [0, 0.1) is 9.49 Å². The van der Waals surface area contributed by atoms with Gasteiger partial charge >= 0.3 is 0 Å². The molecule has 0 radical (unpaired) electrons. The molecule has 1 atom stereocenters. The highest BCUT2D eigenvalue weighted by Crippen LogP contribution is 2.37. The van der Waals surface area contributed by atoms with Crippen molar-refractivity contribution < 1.29 is 4.43 Å². The zero-order chi connectivity index (χ0) is 16.4. The number of hydrogen-bond donors (Lipinski definition) is 0. The minimum atomic E-state index is -1.61. The minimum Gasteiger partial charge on any atom is -0.416 e. The topological polar surface area (TPSA) is 25.4 Å². The van der Waals surface area contributed by atoms with Gasteiger partial charge in [0.05, 0.1) is 0 Å². The first-order valence-corrected chi connectivity index (χ1v) is 12.1. The zero-order valence-corrected chi connectivity index (χ0v) is 17.7. The summed E-state index contributed by atoms with van der Waals surface area (Å²) in [6.07, 6.45) is 5.15. The van der Waals surface area contributed by atoms with E-state index in [4.69, 9.17) is 4.43 Å². The van der Waals surface area contributed by atoms with Gasteiger partial charge in [-0.05, 0) is 71.2 Å². The molecule has 0 aliphatic carbocycles. The van der Waals surface area contributed by atoms with Crippen LogP contribution in [0.25, 0.3) is 0 Å². The Morgan fingerprint density at radius 3 is 2.73 bits per heavy atom. The third kappa shape index (κ3) is 5.01. The number of likely N-dealkylation sites (tertiary alicyclic amines) is 1. The molecule has 2 heterocycles. The van der Waals surface area contributed by atoms with Crippen molar-refractivity contribution >= 4 is 30.9 Å². The van der Waals surface area contributed by atoms with Gasteiger partial charge in [0, 0.05) is 35.7 Å². The Morgan fingerprint density at radius 1 is 1.36 bits per heavy atom. The van der Waals surface area contributed by atoms with Crippen LogP contribution in [0.4, 0.5) is 0 Å². The number of aromatic nitrogens is 1. The van der Waals surface area contributed by atoms with Crippen molar-refractivity contribution in [1.82, 2.24) is 9.88 Å². The average molecular weight is 432 g/mol. The second-order valence-corrected chi connectivity index (χ2v) is 14.0. The van der Waals surface area contributed by atoms with Crippen molar-refractivity contribution in [2.45, 2.75) is 51.9 Å². The van der Waals surface area contributed by atoms with Gasteiger partial charge in [0.1, 0.15) is 0 Å². The number of pyridine rings is 1. The molecule has 3 nitrogen and oxygen atoms in total. The van der Waals surface area contributed by atoms with Gasteiger partial charge in [-0.25, -0.2) is 0 Å². The van der Waals surface area contributed by atoms with Gasteiger partial charge in [0.25, 0.3) is 0 Å². The molecule has 1 aromatic heterocycles. The molecule has 0 amide bonds. The summed E-state index contributed by atoms with van der Waals surface area (Å²) in [5, 5.41) is 0.303. The van der Waals surface area contributed by atoms with Gasteiger partial charge in [-0.2, -0.15) is 0 Å². The summed E-state index contributed by atoms with van der Waals surface area (Å²) in [6.45, 7) is 15.9. The Kier molecular flexibility index (Phi) is 6.07. The molecule has 5 heteroatoms. The maximum Gasteiger partial charge on any atom is 0.191 e. The molecular weight excluding hydrogens is 403 g/mol. The SMILES string of the molecule is CC(C)(C)[Si](C)(C)OC[C@H]1CCN(Cc2cncc(I)c2)C1. The van der Waals surface area contributed by atoms with Crippen LogP contribution in [0.3, 0.4) is 0 Å². The number of rotatable bonds is 5. The highest BCUT2D eigenvalue weighted by atomic mass is 127. The van der Waals surface area contributed by atoms with Gasteiger partial charge in [-0.15, -0.1) is 0 Å². The summed E-state index contributed by atoms with van der Waals surface area (Å²) < 4.78 is 7.61. The van der Waals surface area contributed by atoms with Crippen molar-refractivity contribution in [2.24, 2.45) is 5.92 Å². The lowest BCUT2D eigenvalue weighted by Crippen LogP contribution is -2.42. The van der Waals surface area contributed by atoms with Crippen molar-refractivity contribution in [3.63, 3.8) is 0 Å². The molecule has 1 fully saturated rings. The van der Waals surface area contributed by atoms with E-state index in [9.17, 15) is 0 Å². The Morgan fingerprint density at radius 2 is 2.09 bits per heavy atom. The fourth-order valence-electron chi connectivity index (χ4n) is 2.54. The highest BCUT2D eigenvalue weighted by Gasteiger charge is 2.38. The molecule has 22 heavy (non-hydrogen) atoms. The molecule has 0 bridgehead atoms. The predicted octanol–water partition coefficient (Wildman–Crippen LogP) is 4.53. The Bertz CT molecular complexity index is 502. The van der Waals surface area contributed by atoms with Gasteiger partial charge < -0.3 is 4.43 Å². The quantitative estimate of drug-likeness (QED) is 0.505. The summed E-state index contributed by atoms with van der Waals surface area (Å²) in [5.41, 5.74) is 1.32. The average Bonchev–Trinajstić information content (AvgIpc) is 2.83. The lowest BCUT2D eigenvalue weighted by atomic mass is 10.1. The second-order valence-electron chi connectivity index (χ2n) is 7.97. The van der Waals surface area contributed by atoms with E-state index in [0.717, 1.165) is 19.7 Å². The predicted molar refractivity (Wildman–Crippen MR) is 103 cm³/mol. The van der Waals surface area contributed by atoms with Crippen molar-refractivity contribution in [3.8, 4) is 0 Å². The van der Waals surface area contributed by atoms with Crippen molar-refractivity contribution in [1.29, 1.82) is 0 Å². The van der Waals surface area contributed by atoms with E-state index in [1.54, 1.807) is 0 Å². The monoisotopic (exact) mass is 432 g/mol. The molecule has 1 saturated heterocycles. The van der Waals surface area contributed by atoms with Gasteiger partial charge in [-0.3, -0.25) is 9.88 Å². The molecule has 1 aromatic rings. The third-order valence-corrected chi connectivity index (χ3v) is 10.1. The largest absolute Gasteiger partial charge is 0.416 e. The molecule has 1 aliphatic heterocycles. The molecule has 0 spiro atoms. The fourth-order valence-corrected chi connectivity index (χ4v) is 4.18. The number of nitrogens with zero attached hydrogens (tertiary/aromatic N) is 2. The van der Waals surface area contributed by atoms with Crippen molar-refractivity contribution in [2.75, 3.05) is 19.7 Å². The van der Waals surface area contributed by atoms with Gasteiger partial charge in [0.15, 0.2) is 8.32 Å². The summed E-state index contributed by atoms with van der Waals surface area (Å²) in [5.74, 6) is 0.685. The Labute approximate surface area is 150 Å². The van der Waals surface area contributed by atoms with E-state index in [2.05, 4.69) is 72.4 Å². The molecule has 124 valence electrons. The highest BCUT2D eigenvalue weighted by molar-refractivity contribution is 14.1. The Hall–Kier alpha value is 0.0169. The summed E-state index contributed by atoms with van der Waals surface area (Å²) in [4.78, 5) is 6.82. The summed E-state index contributed by atoms with van der Waals surface area (Å²) in [6, 6.07) is 2.23. The lowest BCUT2D eigenvalue weighted by molar-refractivity contribution is 0.221. The van der Waals surface area contributed by atoms with Crippen LogP contribution < -0.4 is 0 Å². The minimum absolute atomic E-state index is 0.303. The number of halogens is 1. The lowest BCUT2D eigenvalue weighted by Gasteiger charge is -2.37. The molecule has 1 aliphatic rings. The van der Waals surface area contributed by atoms with Crippen LogP contribution in [-0.2, 0) is 11.0 Å². The molecule has 2 rings (SSSR count). The first kappa shape index (κ1) is 18.4. The van der Waals surface area contributed by atoms with Gasteiger partial charge in [0.2, 0.25) is 0 Å². The van der Waals surface area contributed by atoms with E-state index >= 15 is 0 Å². The molecular formula is C17H29IN2OSi. The van der Waals surface area contributed by atoms with Crippen molar-refractivity contribution in [3.05, 3.63) is 27.6 Å². The smallest absolute Gasteiger partial charge is 0.191 e. The van der Waals surface area contributed by atoms with Crippen LogP contribution in [0.15, 0.2) is 18.5 Å². The van der Waals surface area contributed by atoms with E-state index in [-0.39, 0.29) is 0 Å². The van der Waals surface area contributed by atoms with Crippen LogP contribution in [-0.4, -0.2) is 37.9 Å². The van der Waals surface area contributed by atoms with E-state index < -0.39 is 8.32 Å². The van der Waals surface area contributed by atoms with Gasteiger partial charge in [-0.1, -0.05) is 20.8 Å². The first-order valence-electron chi connectivity index (χ1n) is 8.13. The number of hydrogen-bond acceptors (Lipinski definition) is 3. The Balaban J connectivity index is 1.81. The summed E-state index contributed by atoms with van der Waals surface area (Å²) in [7, 11) is -1.61. The van der Waals surface area contributed by atoms with Crippen LogP contribution in [0.2, 0.25) is 18.1 Å². The van der Waals surface area contributed by atoms with E-state index in [1.165, 1.54) is 22.1 Å². The van der Waals surface area contributed by atoms with E-state index in [0.29, 0.717) is 11.0 Å². The fraction of sp³-hybridized carbons (Fsp3) is 0.706. The van der Waals surface area contributed by atoms with Crippen LogP contribution in [0.1, 0.15) is 32.8 Å². The standard InChI is InChI=1S/C17H29IN2OSi/c1-17(2,3)22(4,5)21-13-14-6-7-20(11-14)12-15-8-16(18)10-19-9-15/h8-10,14H,6-7,11-13H2,1-5H3/t14-/m0/s1. The third-order valence-electron chi connectivity index (χ3n) is 5.02. The van der Waals surface area contributed by atoms with Crippen LogP contribution >= 0.6 is 22.6 Å². The molecule has 0 aromatic carbocycles. The normalized spacial score (nSPS) is 20.5. The zero-order valence-electron chi connectivity index (χ0n) is 14.5. The second kappa shape index (κ2) is 7.28. The molecule has 0 saturated carbocycles. The van der Waals surface area contributed by atoms with Crippen LogP contribution in [0.5, 0.6) is 0 Å². The first-order chi connectivity index (χ1) is 10.2. The molecule has 0 unspecified atom stereocenters. The molecule has 0 N–H and O–H groups in total.